The van der Waals surface area contributed by atoms with E-state index in [0.29, 0.717) is 0 Å². The molecule has 0 fully saturated rings. The van der Waals surface area contributed by atoms with E-state index in [1.807, 2.05) is 20.8 Å². The van der Waals surface area contributed by atoms with Crippen LogP contribution in [0.3, 0.4) is 0 Å². The number of hydrogen-bond donors (Lipinski definition) is 2. The van der Waals surface area contributed by atoms with Gasteiger partial charge in [-0.15, -0.1) is 0 Å². The van der Waals surface area contributed by atoms with Crippen LogP contribution < -0.4 is 10.5 Å². The quantitative estimate of drug-likeness (QED) is 0.870. The number of hydrogen-bond acceptors (Lipinski definition) is 3. The lowest BCUT2D eigenvalue weighted by Gasteiger charge is -2.20. The van der Waals surface area contributed by atoms with E-state index < -0.39 is 10.0 Å². The maximum absolute atomic E-state index is 12.2. The minimum Gasteiger partial charge on any atom is -0.329 e. The van der Waals surface area contributed by atoms with Crippen LogP contribution in [0.15, 0.2) is 23.1 Å². The molecule has 3 N–H and O–H groups in total. The van der Waals surface area contributed by atoms with Gasteiger partial charge in [0.15, 0.2) is 0 Å². The van der Waals surface area contributed by atoms with Gasteiger partial charge in [0, 0.05) is 12.6 Å². The highest BCUT2D eigenvalue weighted by atomic mass is 35.5. The van der Waals surface area contributed by atoms with Crippen LogP contribution >= 0.6 is 11.6 Å². The van der Waals surface area contributed by atoms with Crippen LogP contribution in [0.2, 0.25) is 5.02 Å². The lowest BCUT2D eigenvalue weighted by Crippen LogP contribution is -2.43. The van der Waals surface area contributed by atoms with E-state index in [9.17, 15) is 8.42 Å². The van der Waals surface area contributed by atoms with Crippen molar-refractivity contribution < 1.29 is 8.42 Å². The van der Waals surface area contributed by atoms with Crippen molar-refractivity contribution in [2.24, 2.45) is 11.7 Å². The first-order valence-electron chi connectivity index (χ1n) is 5.76. The minimum absolute atomic E-state index is 0.0915. The lowest BCUT2D eigenvalue weighted by molar-refractivity contribution is 0.455. The van der Waals surface area contributed by atoms with E-state index in [-0.39, 0.29) is 28.4 Å². The zero-order chi connectivity index (χ0) is 13.9. The highest BCUT2D eigenvalue weighted by Crippen LogP contribution is 2.22. The molecular formula is C12H19ClN2O2S. The maximum Gasteiger partial charge on any atom is 0.242 e. The van der Waals surface area contributed by atoms with Crippen molar-refractivity contribution in [3.05, 3.63) is 28.8 Å². The Balaban J connectivity index is 3.06. The molecule has 0 aliphatic carbocycles. The zero-order valence-corrected chi connectivity index (χ0v) is 12.3. The van der Waals surface area contributed by atoms with E-state index in [2.05, 4.69) is 4.72 Å². The fourth-order valence-electron chi connectivity index (χ4n) is 1.54. The summed E-state index contributed by atoms with van der Waals surface area (Å²) in [5, 5.41) is 0.224. The first-order valence-corrected chi connectivity index (χ1v) is 7.62. The molecule has 102 valence electrons. The first kappa shape index (κ1) is 15.4. The number of nitrogens with two attached hydrogens (primary N) is 1. The highest BCUT2D eigenvalue weighted by Gasteiger charge is 2.23. The fourth-order valence-corrected chi connectivity index (χ4v) is 3.54. The van der Waals surface area contributed by atoms with Gasteiger partial charge < -0.3 is 5.73 Å². The third-order valence-corrected chi connectivity index (χ3v) is 4.71. The molecule has 0 saturated heterocycles. The molecule has 18 heavy (non-hydrogen) atoms. The molecule has 0 spiro atoms. The predicted molar refractivity (Wildman–Crippen MR) is 74.2 cm³/mol. The average molecular weight is 291 g/mol. The van der Waals surface area contributed by atoms with Crippen molar-refractivity contribution in [3.63, 3.8) is 0 Å². The monoisotopic (exact) mass is 290 g/mol. The summed E-state index contributed by atoms with van der Waals surface area (Å²) in [4.78, 5) is 0.0915. The molecule has 6 heteroatoms. The molecule has 0 aliphatic heterocycles. The average Bonchev–Trinajstić information content (AvgIpc) is 2.24. The Hall–Kier alpha value is -0.620. The molecule has 1 atom stereocenters. The second kappa shape index (κ2) is 6.02. The summed E-state index contributed by atoms with van der Waals surface area (Å²) < 4.78 is 27.0. The third kappa shape index (κ3) is 3.68. The Morgan fingerprint density at radius 1 is 1.39 bits per heavy atom. The van der Waals surface area contributed by atoms with Gasteiger partial charge in [0.25, 0.3) is 0 Å². The van der Waals surface area contributed by atoms with Gasteiger partial charge in [-0.1, -0.05) is 31.5 Å². The van der Waals surface area contributed by atoms with Crippen LogP contribution in [0, 0.1) is 12.8 Å². The van der Waals surface area contributed by atoms with Gasteiger partial charge in [-0.3, -0.25) is 0 Å². The minimum atomic E-state index is -3.63. The summed E-state index contributed by atoms with van der Waals surface area (Å²) in [6.07, 6.45) is 0. The van der Waals surface area contributed by atoms with Crippen molar-refractivity contribution in [1.29, 1.82) is 0 Å². The van der Waals surface area contributed by atoms with E-state index >= 15 is 0 Å². The molecule has 1 rings (SSSR count). The van der Waals surface area contributed by atoms with Crippen molar-refractivity contribution in [2.75, 3.05) is 6.54 Å². The summed E-state index contributed by atoms with van der Waals surface area (Å²) in [7, 11) is -3.63. The zero-order valence-electron chi connectivity index (χ0n) is 10.8. The molecule has 4 nitrogen and oxygen atoms in total. The SMILES string of the molecule is Cc1ccc(S(=O)(=O)NC(CN)C(C)C)c(Cl)c1. The van der Waals surface area contributed by atoms with E-state index in [4.69, 9.17) is 17.3 Å². The summed E-state index contributed by atoms with van der Waals surface area (Å²) in [6, 6.07) is 4.55. The number of halogens is 1. The number of aryl methyl sites for hydroxylation is 1. The Bertz CT molecular complexity index is 515. The molecule has 0 bridgehead atoms. The summed E-state index contributed by atoms with van der Waals surface area (Å²) in [5.41, 5.74) is 6.48. The Labute approximate surface area is 114 Å². The van der Waals surface area contributed by atoms with Gasteiger partial charge in [-0.2, -0.15) is 0 Å². The standard InChI is InChI=1S/C12H19ClN2O2S/c1-8(2)11(7-14)15-18(16,17)12-5-4-9(3)6-10(12)13/h4-6,8,11,15H,7,14H2,1-3H3. The number of sulfonamides is 1. The number of benzene rings is 1. The van der Waals surface area contributed by atoms with Crippen LogP contribution in [-0.4, -0.2) is 21.0 Å². The van der Waals surface area contributed by atoms with Gasteiger partial charge in [-0.25, -0.2) is 13.1 Å². The Morgan fingerprint density at radius 2 is 2.00 bits per heavy atom. The smallest absolute Gasteiger partial charge is 0.242 e. The van der Waals surface area contributed by atoms with Gasteiger partial charge in [0.05, 0.1) is 5.02 Å². The van der Waals surface area contributed by atoms with E-state index in [1.54, 1.807) is 12.1 Å². The molecule has 1 aromatic rings. The molecule has 0 saturated carbocycles. The molecule has 0 aliphatic rings. The Kier molecular flexibility index (Phi) is 5.16. The summed E-state index contributed by atoms with van der Waals surface area (Å²) in [6.45, 7) is 5.93. The molecule has 0 heterocycles. The topological polar surface area (TPSA) is 72.2 Å². The molecule has 1 unspecified atom stereocenters. The van der Waals surface area contributed by atoms with Gasteiger partial charge in [0.2, 0.25) is 10.0 Å². The van der Waals surface area contributed by atoms with Crippen LogP contribution in [-0.2, 0) is 10.0 Å². The molecule has 0 amide bonds. The summed E-state index contributed by atoms with van der Waals surface area (Å²) >= 11 is 5.97. The van der Waals surface area contributed by atoms with E-state index in [1.165, 1.54) is 6.07 Å². The predicted octanol–water partition coefficient (Wildman–Crippen LogP) is 1.91. The Morgan fingerprint density at radius 3 is 2.44 bits per heavy atom. The largest absolute Gasteiger partial charge is 0.329 e. The molecule has 0 radical (unpaired) electrons. The van der Waals surface area contributed by atoms with Crippen LogP contribution in [0.1, 0.15) is 19.4 Å². The van der Waals surface area contributed by atoms with Crippen LogP contribution in [0.4, 0.5) is 0 Å². The van der Waals surface area contributed by atoms with Gasteiger partial charge in [0.1, 0.15) is 4.90 Å². The van der Waals surface area contributed by atoms with Gasteiger partial charge >= 0.3 is 0 Å². The second-order valence-electron chi connectivity index (χ2n) is 4.64. The van der Waals surface area contributed by atoms with Crippen molar-refractivity contribution in [3.8, 4) is 0 Å². The summed E-state index contributed by atoms with van der Waals surface area (Å²) in [5.74, 6) is 0.119. The van der Waals surface area contributed by atoms with Crippen LogP contribution in [0.25, 0.3) is 0 Å². The van der Waals surface area contributed by atoms with Crippen molar-refractivity contribution >= 4 is 21.6 Å². The normalized spacial score (nSPS) is 13.9. The van der Waals surface area contributed by atoms with Crippen LogP contribution in [0.5, 0.6) is 0 Å². The second-order valence-corrected chi connectivity index (χ2v) is 6.73. The highest BCUT2D eigenvalue weighted by molar-refractivity contribution is 7.89. The molecule has 1 aromatic carbocycles. The number of nitrogens with one attached hydrogen (secondary N) is 1. The third-order valence-electron chi connectivity index (χ3n) is 2.74. The van der Waals surface area contributed by atoms with Crippen molar-refractivity contribution in [2.45, 2.75) is 31.7 Å². The first-order chi connectivity index (χ1) is 8.27. The fraction of sp³-hybridized carbons (Fsp3) is 0.500. The van der Waals surface area contributed by atoms with Gasteiger partial charge in [-0.05, 0) is 30.5 Å². The number of rotatable bonds is 5. The van der Waals surface area contributed by atoms with E-state index in [0.717, 1.165) is 5.56 Å². The van der Waals surface area contributed by atoms with Crippen molar-refractivity contribution in [1.82, 2.24) is 4.72 Å². The lowest BCUT2D eigenvalue weighted by atomic mass is 10.1. The molecular weight excluding hydrogens is 272 g/mol. The maximum atomic E-state index is 12.2. The molecule has 0 aromatic heterocycles.